The molecule has 3 aromatic rings. The summed E-state index contributed by atoms with van der Waals surface area (Å²) in [7, 11) is 1.67. The fraction of sp³-hybridized carbons (Fsp3) is 0.528. The lowest BCUT2D eigenvalue weighted by atomic mass is 9.81. The number of hydrogen-bond acceptors (Lipinski definition) is 7. The summed E-state index contributed by atoms with van der Waals surface area (Å²) >= 11 is 0. The number of carboxylic acid groups (broad SMARTS) is 1. The number of fused-ring (bicyclic) bond motifs is 1. The number of carboxylic acids is 1. The van der Waals surface area contributed by atoms with Gasteiger partial charge in [-0.1, -0.05) is 38.1 Å². The molecule has 0 saturated carbocycles. The lowest BCUT2D eigenvalue weighted by Gasteiger charge is -2.41. The first-order valence-corrected chi connectivity index (χ1v) is 15.8. The molecule has 8 nitrogen and oxygen atoms in total. The molecule has 1 N–H and O–H groups in total. The van der Waals surface area contributed by atoms with E-state index in [0.29, 0.717) is 17.1 Å². The number of benzene rings is 1. The largest absolute Gasteiger partial charge is 0.481 e. The van der Waals surface area contributed by atoms with Crippen LogP contribution in [0, 0.1) is 19.3 Å². The molecular formula is C36H48N4O4. The van der Waals surface area contributed by atoms with Crippen molar-refractivity contribution in [3.05, 3.63) is 70.2 Å². The number of aryl methyl sites for hydroxylation is 2. The fourth-order valence-electron chi connectivity index (χ4n) is 6.63. The highest BCUT2D eigenvalue weighted by atomic mass is 16.5. The van der Waals surface area contributed by atoms with Gasteiger partial charge in [0.1, 0.15) is 0 Å². The fourth-order valence-corrected chi connectivity index (χ4v) is 6.63. The molecule has 1 aromatic carbocycles. The summed E-state index contributed by atoms with van der Waals surface area (Å²) in [5.41, 5.74) is 8.67. The number of anilines is 1. The summed E-state index contributed by atoms with van der Waals surface area (Å²) in [4.78, 5) is 27.0. The molecule has 4 heterocycles. The first-order chi connectivity index (χ1) is 20.8. The number of nitrogens with zero attached hydrogens (tertiary/aromatic N) is 4. The maximum Gasteiger partial charge on any atom is 0.337 e. The standard InChI is InChI=1S/C36H48N4O4/c1-23-29(26-11-12-27-21-39(17-13-25(27)20-26)22-28-10-9-16-37-33(28)43-8)31(40-18-14-36(6,7)15-19-40)30(24(2)38-23)32(34(41)42)44-35(3,4)5/h9-12,16,20,32H,13-15,17-19,21-22H2,1-8H3,(H,41,42). The third-order valence-electron chi connectivity index (χ3n) is 8.99. The molecule has 0 aliphatic carbocycles. The van der Waals surface area contributed by atoms with Crippen molar-refractivity contribution in [1.29, 1.82) is 0 Å². The number of hydrogen-bond donors (Lipinski definition) is 1. The van der Waals surface area contributed by atoms with E-state index < -0.39 is 17.7 Å². The minimum atomic E-state index is -1.12. The zero-order valence-electron chi connectivity index (χ0n) is 27.7. The molecule has 0 amide bonds. The van der Waals surface area contributed by atoms with Gasteiger partial charge >= 0.3 is 5.97 Å². The molecule has 1 saturated heterocycles. The Balaban J connectivity index is 1.56. The molecule has 5 rings (SSSR count). The Kier molecular flexibility index (Phi) is 9.06. The van der Waals surface area contributed by atoms with Crippen molar-refractivity contribution < 1.29 is 19.4 Å². The van der Waals surface area contributed by atoms with E-state index in [9.17, 15) is 9.90 Å². The molecule has 2 aliphatic rings. The topological polar surface area (TPSA) is 88.0 Å². The monoisotopic (exact) mass is 600 g/mol. The summed E-state index contributed by atoms with van der Waals surface area (Å²) in [6.45, 7) is 18.6. The van der Waals surface area contributed by atoms with Crippen LogP contribution >= 0.6 is 0 Å². The van der Waals surface area contributed by atoms with Crippen LogP contribution in [0.2, 0.25) is 0 Å². The van der Waals surface area contributed by atoms with Crippen LogP contribution in [0.15, 0.2) is 36.5 Å². The number of ether oxygens (including phenoxy) is 2. The van der Waals surface area contributed by atoms with Crippen LogP contribution in [0.3, 0.4) is 0 Å². The molecule has 1 unspecified atom stereocenters. The lowest BCUT2D eigenvalue weighted by Crippen LogP contribution is -2.39. The van der Waals surface area contributed by atoms with Gasteiger partial charge < -0.3 is 19.5 Å². The second-order valence-corrected chi connectivity index (χ2v) is 14.1. The Morgan fingerprint density at radius 1 is 1.07 bits per heavy atom. The molecule has 1 atom stereocenters. The Morgan fingerprint density at radius 2 is 1.80 bits per heavy atom. The van der Waals surface area contributed by atoms with Gasteiger partial charge in [0.2, 0.25) is 5.88 Å². The third kappa shape index (κ3) is 6.92. The molecule has 1 fully saturated rings. The van der Waals surface area contributed by atoms with Crippen molar-refractivity contribution in [2.75, 3.05) is 31.6 Å². The highest BCUT2D eigenvalue weighted by molar-refractivity contribution is 5.88. The van der Waals surface area contributed by atoms with E-state index >= 15 is 0 Å². The maximum atomic E-state index is 12.8. The molecule has 8 heteroatoms. The second-order valence-electron chi connectivity index (χ2n) is 14.1. The minimum Gasteiger partial charge on any atom is -0.481 e. The molecule has 2 aliphatic heterocycles. The zero-order chi connectivity index (χ0) is 31.8. The highest BCUT2D eigenvalue weighted by Gasteiger charge is 2.36. The van der Waals surface area contributed by atoms with Crippen molar-refractivity contribution in [1.82, 2.24) is 14.9 Å². The molecule has 0 bridgehead atoms. The maximum absolute atomic E-state index is 12.8. The average Bonchev–Trinajstić information content (AvgIpc) is 2.95. The Morgan fingerprint density at radius 3 is 2.45 bits per heavy atom. The first-order valence-electron chi connectivity index (χ1n) is 15.8. The van der Waals surface area contributed by atoms with E-state index in [-0.39, 0.29) is 5.41 Å². The molecule has 236 valence electrons. The van der Waals surface area contributed by atoms with Crippen molar-refractivity contribution in [3.63, 3.8) is 0 Å². The van der Waals surface area contributed by atoms with Gasteiger partial charge in [0.25, 0.3) is 0 Å². The van der Waals surface area contributed by atoms with Crippen molar-refractivity contribution in [2.24, 2.45) is 5.41 Å². The van der Waals surface area contributed by atoms with Crippen molar-refractivity contribution in [2.45, 2.75) is 92.5 Å². The summed E-state index contributed by atoms with van der Waals surface area (Å²) in [6, 6.07) is 10.8. The van der Waals surface area contributed by atoms with E-state index in [4.69, 9.17) is 14.5 Å². The summed E-state index contributed by atoms with van der Waals surface area (Å²) in [6.07, 6.45) is 3.63. The number of aliphatic carboxylic acids is 1. The van der Waals surface area contributed by atoms with E-state index in [1.165, 1.54) is 11.1 Å². The Hall–Kier alpha value is -3.49. The molecule has 2 aromatic heterocycles. The van der Waals surface area contributed by atoms with E-state index in [2.05, 4.69) is 52.9 Å². The predicted molar refractivity (Wildman–Crippen MR) is 174 cm³/mol. The quantitative estimate of drug-likeness (QED) is 0.299. The molecule has 0 radical (unpaired) electrons. The third-order valence-corrected chi connectivity index (χ3v) is 8.99. The van der Waals surface area contributed by atoms with Crippen molar-refractivity contribution >= 4 is 11.7 Å². The predicted octanol–water partition coefficient (Wildman–Crippen LogP) is 6.89. The van der Waals surface area contributed by atoms with Crippen LogP contribution in [0.1, 0.15) is 87.2 Å². The highest BCUT2D eigenvalue weighted by Crippen LogP contribution is 2.45. The van der Waals surface area contributed by atoms with Crippen LogP contribution in [0.5, 0.6) is 5.88 Å². The number of aromatic nitrogens is 2. The van der Waals surface area contributed by atoms with Gasteiger partial charge in [0.05, 0.1) is 18.4 Å². The Bertz CT molecular complexity index is 1520. The van der Waals surface area contributed by atoms with Crippen LogP contribution in [-0.4, -0.2) is 58.3 Å². The number of rotatable bonds is 8. The summed E-state index contributed by atoms with van der Waals surface area (Å²) in [5.74, 6) is -0.315. The number of piperidine rings is 1. The number of carbonyl (C=O) groups is 1. The first kappa shape index (κ1) is 31.9. The lowest BCUT2D eigenvalue weighted by molar-refractivity contribution is -0.160. The van der Waals surface area contributed by atoms with Gasteiger partial charge in [0, 0.05) is 67.0 Å². The van der Waals surface area contributed by atoms with Crippen LogP contribution < -0.4 is 9.64 Å². The van der Waals surface area contributed by atoms with Gasteiger partial charge in [-0.2, -0.15) is 0 Å². The average molecular weight is 601 g/mol. The molecular weight excluding hydrogens is 552 g/mol. The summed E-state index contributed by atoms with van der Waals surface area (Å²) in [5, 5.41) is 10.5. The van der Waals surface area contributed by atoms with Gasteiger partial charge in [-0.15, -0.1) is 0 Å². The van der Waals surface area contributed by atoms with E-state index in [1.54, 1.807) is 13.3 Å². The van der Waals surface area contributed by atoms with E-state index in [0.717, 1.165) is 80.1 Å². The van der Waals surface area contributed by atoms with Gasteiger partial charge in [-0.25, -0.2) is 9.78 Å². The number of pyridine rings is 2. The van der Waals surface area contributed by atoms with Gasteiger partial charge in [-0.05, 0) is 82.1 Å². The van der Waals surface area contributed by atoms with Crippen molar-refractivity contribution in [3.8, 4) is 17.0 Å². The van der Waals surface area contributed by atoms with Gasteiger partial charge in [-0.3, -0.25) is 9.88 Å². The van der Waals surface area contributed by atoms with Crippen LogP contribution in [0.4, 0.5) is 5.69 Å². The van der Waals surface area contributed by atoms with Gasteiger partial charge in [0.15, 0.2) is 6.10 Å². The SMILES string of the molecule is COc1ncccc1CN1CCc2cc(-c3c(C)nc(C)c(C(OC(C)(C)C)C(=O)O)c3N3CCC(C)(C)CC3)ccc2C1. The zero-order valence-corrected chi connectivity index (χ0v) is 27.7. The minimum absolute atomic E-state index is 0.250. The van der Waals surface area contributed by atoms with Crippen LogP contribution in [-0.2, 0) is 29.0 Å². The smallest absolute Gasteiger partial charge is 0.337 e. The normalized spacial score (nSPS) is 17.7. The number of methoxy groups -OCH3 is 1. The molecule has 44 heavy (non-hydrogen) atoms. The summed E-state index contributed by atoms with van der Waals surface area (Å²) < 4.78 is 11.7. The second kappa shape index (κ2) is 12.5. The van der Waals surface area contributed by atoms with Crippen LogP contribution in [0.25, 0.3) is 11.1 Å². The van der Waals surface area contributed by atoms with E-state index in [1.807, 2.05) is 40.7 Å². The molecule has 0 spiro atoms. The Labute approximate surface area is 262 Å².